The quantitative estimate of drug-likeness (QED) is 0.910. The van der Waals surface area contributed by atoms with Gasteiger partial charge in [0.2, 0.25) is 5.13 Å². The fourth-order valence-corrected chi connectivity index (χ4v) is 2.73. The van der Waals surface area contributed by atoms with Crippen molar-refractivity contribution in [1.82, 2.24) is 10.2 Å². The van der Waals surface area contributed by atoms with Gasteiger partial charge < -0.3 is 10.0 Å². The minimum absolute atomic E-state index is 0.0745. The first-order chi connectivity index (χ1) is 6.65. The van der Waals surface area contributed by atoms with Crippen molar-refractivity contribution in [1.29, 1.82) is 0 Å². The summed E-state index contributed by atoms with van der Waals surface area (Å²) < 4.78 is 0.813. The summed E-state index contributed by atoms with van der Waals surface area (Å²) in [5.41, 5.74) is 0. The third kappa shape index (κ3) is 2.24. The summed E-state index contributed by atoms with van der Waals surface area (Å²) in [6.07, 6.45) is 1.77. The smallest absolute Gasteiger partial charge is 0.208 e. The van der Waals surface area contributed by atoms with E-state index < -0.39 is 0 Å². The molecular formula is C8H12BrN3OS. The first kappa shape index (κ1) is 10.3. The Morgan fingerprint density at radius 3 is 2.79 bits per heavy atom. The van der Waals surface area contributed by atoms with Crippen molar-refractivity contribution in [3.8, 4) is 0 Å². The van der Waals surface area contributed by atoms with E-state index in [9.17, 15) is 0 Å². The summed E-state index contributed by atoms with van der Waals surface area (Å²) in [6, 6.07) is 0. The van der Waals surface area contributed by atoms with E-state index in [2.05, 4.69) is 31.0 Å². The Morgan fingerprint density at radius 2 is 2.29 bits per heavy atom. The van der Waals surface area contributed by atoms with E-state index in [0.29, 0.717) is 5.92 Å². The van der Waals surface area contributed by atoms with E-state index in [1.165, 1.54) is 11.3 Å². The van der Waals surface area contributed by atoms with Crippen LogP contribution < -0.4 is 4.90 Å². The van der Waals surface area contributed by atoms with E-state index in [1.807, 2.05) is 7.05 Å². The van der Waals surface area contributed by atoms with E-state index in [1.54, 1.807) is 0 Å². The molecule has 0 unspecified atom stereocenters. The molecule has 78 valence electrons. The Hall–Kier alpha value is -0.200. The summed E-state index contributed by atoms with van der Waals surface area (Å²) in [5, 5.41) is 18.0. The van der Waals surface area contributed by atoms with E-state index in [4.69, 9.17) is 5.11 Å². The molecule has 1 aliphatic rings. The largest absolute Gasteiger partial charge is 0.393 e. The van der Waals surface area contributed by atoms with Crippen molar-refractivity contribution < 1.29 is 5.11 Å². The van der Waals surface area contributed by atoms with Crippen LogP contribution in [-0.4, -0.2) is 35.0 Å². The zero-order chi connectivity index (χ0) is 10.1. The lowest BCUT2D eigenvalue weighted by Crippen LogP contribution is -2.37. The number of aliphatic hydroxyl groups excluding tert-OH is 1. The molecule has 1 aromatic rings. The molecule has 1 heterocycles. The van der Waals surface area contributed by atoms with E-state index in [-0.39, 0.29) is 6.10 Å². The summed E-state index contributed by atoms with van der Waals surface area (Å²) in [6.45, 7) is 0.957. The maximum Gasteiger partial charge on any atom is 0.208 e. The number of halogens is 1. The molecule has 1 aliphatic carbocycles. The SMILES string of the molecule is CN(CC1CC(O)C1)c1nnc(Br)s1. The van der Waals surface area contributed by atoms with Crippen molar-refractivity contribution >= 4 is 32.4 Å². The summed E-state index contributed by atoms with van der Waals surface area (Å²) in [7, 11) is 2.01. The maximum atomic E-state index is 9.15. The highest BCUT2D eigenvalue weighted by molar-refractivity contribution is 9.11. The summed E-state index contributed by atoms with van der Waals surface area (Å²) >= 11 is 4.82. The van der Waals surface area contributed by atoms with Crippen LogP contribution >= 0.6 is 27.3 Å². The van der Waals surface area contributed by atoms with Gasteiger partial charge >= 0.3 is 0 Å². The highest BCUT2D eigenvalue weighted by Crippen LogP contribution is 2.30. The average molecular weight is 278 g/mol. The van der Waals surface area contributed by atoms with Crippen molar-refractivity contribution in [2.75, 3.05) is 18.5 Å². The zero-order valence-corrected chi connectivity index (χ0v) is 10.3. The van der Waals surface area contributed by atoms with Gasteiger partial charge in [0.1, 0.15) is 0 Å². The number of hydrogen-bond donors (Lipinski definition) is 1. The van der Waals surface area contributed by atoms with Gasteiger partial charge in [-0.1, -0.05) is 11.3 Å². The minimum atomic E-state index is -0.0745. The van der Waals surface area contributed by atoms with Gasteiger partial charge in [0.05, 0.1) is 6.10 Å². The molecule has 1 saturated carbocycles. The molecule has 0 aromatic carbocycles. The second-order valence-corrected chi connectivity index (χ2v) is 5.94. The van der Waals surface area contributed by atoms with Gasteiger partial charge in [-0.05, 0) is 34.7 Å². The van der Waals surface area contributed by atoms with E-state index in [0.717, 1.165) is 28.4 Å². The lowest BCUT2D eigenvalue weighted by atomic mass is 9.82. The van der Waals surface area contributed by atoms with Crippen LogP contribution in [0.15, 0.2) is 3.92 Å². The Kier molecular flexibility index (Phi) is 3.04. The molecule has 0 amide bonds. The lowest BCUT2D eigenvalue weighted by molar-refractivity contribution is 0.0464. The van der Waals surface area contributed by atoms with Crippen LogP contribution in [0.4, 0.5) is 5.13 Å². The molecule has 4 nitrogen and oxygen atoms in total. The van der Waals surface area contributed by atoms with Crippen LogP contribution in [-0.2, 0) is 0 Å². The molecule has 6 heteroatoms. The number of nitrogens with zero attached hydrogens (tertiary/aromatic N) is 3. The molecule has 14 heavy (non-hydrogen) atoms. The molecule has 0 atom stereocenters. The second-order valence-electron chi connectivity index (χ2n) is 3.71. The van der Waals surface area contributed by atoms with Gasteiger partial charge in [-0.15, -0.1) is 10.2 Å². The van der Waals surface area contributed by atoms with E-state index >= 15 is 0 Å². The molecule has 0 aliphatic heterocycles. The fraction of sp³-hybridized carbons (Fsp3) is 0.750. The lowest BCUT2D eigenvalue weighted by Gasteiger charge is -2.34. The van der Waals surface area contributed by atoms with Gasteiger partial charge in [-0.25, -0.2) is 0 Å². The molecule has 1 fully saturated rings. The molecule has 2 rings (SSSR count). The number of rotatable bonds is 3. The second kappa shape index (κ2) is 4.12. The Bertz CT molecular complexity index is 313. The van der Waals surface area contributed by atoms with Crippen LogP contribution in [0.3, 0.4) is 0 Å². The predicted molar refractivity (Wildman–Crippen MR) is 59.6 cm³/mol. The third-order valence-electron chi connectivity index (χ3n) is 2.46. The van der Waals surface area contributed by atoms with Crippen molar-refractivity contribution in [2.45, 2.75) is 18.9 Å². The fourth-order valence-electron chi connectivity index (χ4n) is 1.67. The third-order valence-corrected chi connectivity index (χ3v) is 3.93. The van der Waals surface area contributed by atoms with Crippen LogP contribution in [0.2, 0.25) is 0 Å². The van der Waals surface area contributed by atoms with Gasteiger partial charge in [0.15, 0.2) is 3.92 Å². The minimum Gasteiger partial charge on any atom is -0.393 e. The normalized spacial score (nSPS) is 25.9. The monoisotopic (exact) mass is 277 g/mol. The van der Waals surface area contributed by atoms with Crippen LogP contribution in [0, 0.1) is 5.92 Å². The number of aliphatic hydroxyl groups is 1. The Morgan fingerprint density at radius 1 is 1.57 bits per heavy atom. The Labute approximate surface area is 95.1 Å². The average Bonchev–Trinajstić information content (AvgIpc) is 2.49. The van der Waals surface area contributed by atoms with Crippen molar-refractivity contribution in [3.63, 3.8) is 0 Å². The molecule has 1 aromatic heterocycles. The van der Waals surface area contributed by atoms with Gasteiger partial charge in [0, 0.05) is 13.6 Å². The summed E-state index contributed by atoms with van der Waals surface area (Å²) in [5.74, 6) is 0.609. The first-order valence-electron chi connectivity index (χ1n) is 4.53. The van der Waals surface area contributed by atoms with Gasteiger partial charge in [0.25, 0.3) is 0 Å². The maximum absolute atomic E-state index is 9.15. The molecule has 1 N–H and O–H groups in total. The highest BCUT2D eigenvalue weighted by Gasteiger charge is 2.28. The van der Waals surface area contributed by atoms with Crippen molar-refractivity contribution in [3.05, 3.63) is 3.92 Å². The predicted octanol–water partition coefficient (Wildman–Crippen LogP) is 1.51. The molecule has 0 spiro atoms. The van der Waals surface area contributed by atoms with Crippen LogP contribution in [0.1, 0.15) is 12.8 Å². The number of anilines is 1. The zero-order valence-electron chi connectivity index (χ0n) is 7.85. The van der Waals surface area contributed by atoms with Crippen LogP contribution in [0.25, 0.3) is 0 Å². The highest BCUT2D eigenvalue weighted by atomic mass is 79.9. The topological polar surface area (TPSA) is 49.2 Å². The molecular weight excluding hydrogens is 266 g/mol. The first-order valence-corrected chi connectivity index (χ1v) is 6.14. The molecule has 0 bridgehead atoms. The number of hydrogen-bond acceptors (Lipinski definition) is 5. The number of aromatic nitrogens is 2. The standard InChI is InChI=1S/C8H12BrN3OS/c1-12(4-5-2-6(13)3-5)8-11-10-7(9)14-8/h5-6,13H,2-4H2,1H3. The van der Waals surface area contributed by atoms with Gasteiger partial charge in [-0.2, -0.15) is 0 Å². The van der Waals surface area contributed by atoms with Gasteiger partial charge in [-0.3, -0.25) is 0 Å². The van der Waals surface area contributed by atoms with Crippen LogP contribution in [0.5, 0.6) is 0 Å². The summed E-state index contributed by atoms with van der Waals surface area (Å²) in [4.78, 5) is 2.10. The van der Waals surface area contributed by atoms with Crippen molar-refractivity contribution in [2.24, 2.45) is 5.92 Å². The molecule has 0 saturated heterocycles. The molecule has 0 radical (unpaired) electrons. The Balaban J connectivity index is 1.86.